The van der Waals surface area contributed by atoms with Gasteiger partial charge in [-0.05, 0) is 30.5 Å². The normalized spacial score (nSPS) is 9.41. The molecule has 17 heavy (non-hydrogen) atoms. The molecule has 0 fully saturated rings. The van der Waals surface area contributed by atoms with Crippen molar-refractivity contribution in [3.8, 4) is 6.07 Å². The summed E-state index contributed by atoms with van der Waals surface area (Å²) in [6, 6.07) is 6.99. The van der Waals surface area contributed by atoms with Gasteiger partial charge in [0.25, 0.3) is 0 Å². The highest BCUT2D eigenvalue weighted by molar-refractivity contribution is 5.92. The van der Waals surface area contributed by atoms with Gasteiger partial charge in [0.1, 0.15) is 12.4 Å². The van der Waals surface area contributed by atoms with Crippen molar-refractivity contribution in [1.82, 2.24) is 0 Å². The molecule has 1 rings (SSSR count). The smallest absolute Gasteiger partial charge is 0.339 e. The van der Waals surface area contributed by atoms with Gasteiger partial charge in [-0.25, -0.2) is 4.79 Å². The lowest BCUT2D eigenvalue weighted by Crippen LogP contribution is -2.04. The Balaban J connectivity index is 2.89. The van der Waals surface area contributed by atoms with E-state index in [0.717, 1.165) is 24.7 Å². The number of aryl methyl sites for hydroxylation is 1. The quantitative estimate of drug-likeness (QED) is 0.440. The molecule has 0 radical (unpaired) electrons. The molecule has 0 bridgehead atoms. The number of carbonyl (C=O) groups excluding carboxylic acids is 2. The summed E-state index contributed by atoms with van der Waals surface area (Å²) < 4.78 is 4.58. The van der Waals surface area contributed by atoms with Crippen molar-refractivity contribution in [1.29, 1.82) is 5.26 Å². The summed E-state index contributed by atoms with van der Waals surface area (Å²) in [6.07, 6.45) is 2.83. The predicted octanol–water partition coefficient (Wildman–Crippen LogP) is 1.87. The summed E-state index contributed by atoms with van der Waals surface area (Å²) in [7, 11) is 1.28. The monoisotopic (exact) mass is 231 g/mol. The van der Waals surface area contributed by atoms with Crippen LogP contribution >= 0.6 is 0 Å². The van der Waals surface area contributed by atoms with Gasteiger partial charge in [-0.2, -0.15) is 5.26 Å². The Morgan fingerprint density at radius 1 is 1.53 bits per heavy atom. The van der Waals surface area contributed by atoms with Crippen LogP contribution < -0.4 is 0 Å². The van der Waals surface area contributed by atoms with Crippen LogP contribution in [0.3, 0.4) is 0 Å². The number of nitriles is 1. The Hall–Kier alpha value is -2.15. The van der Waals surface area contributed by atoms with Crippen LogP contribution in [0.4, 0.5) is 0 Å². The van der Waals surface area contributed by atoms with E-state index in [1.54, 1.807) is 18.2 Å². The number of aldehydes is 1. The summed E-state index contributed by atoms with van der Waals surface area (Å²) in [5, 5.41) is 8.94. The first-order valence-corrected chi connectivity index (χ1v) is 5.28. The van der Waals surface area contributed by atoms with Crippen LogP contribution in [-0.4, -0.2) is 19.4 Å². The van der Waals surface area contributed by atoms with E-state index in [2.05, 4.69) is 4.74 Å². The molecule has 0 aliphatic heterocycles. The molecule has 0 heterocycles. The maximum absolute atomic E-state index is 11.3. The molecule has 0 saturated carbocycles. The van der Waals surface area contributed by atoms with Crippen LogP contribution in [0.15, 0.2) is 18.2 Å². The first-order chi connectivity index (χ1) is 8.22. The Morgan fingerprint density at radius 2 is 2.29 bits per heavy atom. The van der Waals surface area contributed by atoms with Crippen molar-refractivity contribution in [2.24, 2.45) is 0 Å². The van der Waals surface area contributed by atoms with Gasteiger partial charge in [0.05, 0.1) is 18.2 Å². The van der Waals surface area contributed by atoms with Crippen molar-refractivity contribution < 1.29 is 14.3 Å². The number of rotatable bonds is 5. The minimum absolute atomic E-state index is 0.272. The number of nitrogens with zero attached hydrogens (tertiary/aromatic N) is 1. The Labute approximate surface area is 99.8 Å². The Kier molecular flexibility index (Phi) is 4.89. The number of unbranched alkanes of at least 4 members (excludes halogenated alkanes) is 1. The van der Waals surface area contributed by atoms with Gasteiger partial charge in [-0.1, -0.05) is 6.07 Å². The fourth-order valence-electron chi connectivity index (χ4n) is 1.52. The third-order valence-corrected chi connectivity index (χ3v) is 2.40. The lowest BCUT2D eigenvalue weighted by molar-refractivity contribution is -0.107. The number of benzene rings is 1. The highest BCUT2D eigenvalue weighted by Crippen LogP contribution is 2.14. The molecule has 0 aromatic heterocycles. The van der Waals surface area contributed by atoms with Crippen LogP contribution in [0.2, 0.25) is 0 Å². The van der Waals surface area contributed by atoms with Crippen LogP contribution in [0, 0.1) is 11.3 Å². The van der Waals surface area contributed by atoms with Crippen LogP contribution in [0.5, 0.6) is 0 Å². The van der Waals surface area contributed by atoms with Crippen molar-refractivity contribution >= 4 is 12.3 Å². The van der Waals surface area contributed by atoms with Crippen LogP contribution in [-0.2, 0) is 16.0 Å². The average Bonchev–Trinajstić information content (AvgIpc) is 2.38. The Bertz CT molecular complexity index is 460. The van der Waals surface area contributed by atoms with E-state index in [-0.39, 0.29) is 5.56 Å². The van der Waals surface area contributed by atoms with Crippen molar-refractivity contribution in [3.05, 3.63) is 34.9 Å². The maximum Gasteiger partial charge on any atom is 0.339 e. The number of hydrogen-bond acceptors (Lipinski definition) is 4. The zero-order valence-electron chi connectivity index (χ0n) is 9.60. The molecule has 0 spiro atoms. The van der Waals surface area contributed by atoms with Gasteiger partial charge in [-0.15, -0.1) is 0 Å². The molecule has 0 unspecified atom stereocenters. The number of ether oxygens (including phenoxy) is 1. The lowest BCUT2D eigenvalue weighted by atomic mass is 10.0. The lowest BCUT2D eigenvalue weighted by Gasteiger charge is -2.04. The molecule has 88 valence electrons. The second kappa shape index (κ2) is 6.44. The molecule has 4 nitrogen and oxygen atoms in total. The first-order valence-electron chi connectivity index (χ1n) is 5.28. The van der Waals surface area contributed by atoms with Crippen molar-refractivity contribution in [3.63, 3.8) is 0 Å². The molecule has 1 aromatic carbocycles. The third-order valence-electron chi connectivity index (χ3n) is 2.40. The summed E-state index contributed by atoms with van der Waals surface area (Å²) in [5.74, 6) is -0.513. The molecule has 0 amide bonds. The van der Waals surface area contributed by atoms with E-state index in [9.17, 15) is 9.59 Å². The third kappa shape index (κ3) is 3.42. The zero-order chi connectivity index (χ0) is 12.7. The van der Waals surface area contributed by atoms with Crippen molar-refractivity contribution in [2.45, 2.75) is 19.3 Å². The van der Waals surface area contributed by atoms with E-state index in [0.29, 0.717) is 12.0 Å². The summed E-state index contributed by atoms with van der Waals surface area (Å²) >= 11 is 0. The minimum atomic E-state index is -0.513. The highest BCUT2D eigenvalue weighted by Gasteiger charge is 2.11. The van der Waals surface area contributed by atoms with Gasteiger partial charge in [-0.3, -0.25) is 0 Å². The largest absolute Gasteiger partial charge is 0.465 e. The Morgan fingerprint density at radius 3 is 2.88 bits per heavy atom. The van der Waals surface area contributed by atoms with E-state index in [1.165, 1.54) is 7.11 Å². The van der Waals surface area contributed by atoms with E-state index in [4.69, 9.17) is 5.26 Å². The maximum atomic E-state index is 11.3. The number of esters is 1. The first kappa shape index (κ1) is 12.9. The summed E-state index contributed by atoms with van der Waals surface area (Å²) in [4.78, 5) is 21.5. The van der Waals surface area contributed by atoms with Gasteiger partial charge >= 0.3 is 5.97 Å². The number of methoxy groups -OCH3 is 1. The SMILES string of the molecule is COC(=O)c1ccc(CCCC=O)cc1C#N. The molecule has 4 heteroatoms. The van der Waals surface area contributed by atoms with Crippen LogP contribution in [0.1, 0.15) is 34.3 Å². The number of hydrogen-bond donors (Lipinski definition) is 0. The molecule has 0 N–H and O–H groups in total. The van der Waals surface area contributed by atoms with E-state index in [1.807, 2.05) is 6.07 Å². The molecular formula is C13H13NO3. The topological polar surface area (TPSA) is 67.2 Å². The van der Waals surface area contributed by atoms with Crippen LogP contribution in [0.25, 0.3) is 0 Å². The molecule has 0 atom stereocenters. The highest BCUT2D eigenvalue weighted by atomic mass is 16.5. The molecule has 1 aromatic rings. The van der Waals surface area contributed by atoms with Crippen molar-refractivity contribution in [2.75, 3.05) is 7.11 Å². The number of carbonyl (C=O) groups is 2. The van der Waals surface area contributed by atoms with E-state index >= 15 is 0 Å². The molecular weight excluding hydrogens is 218 g/mol. The fraction of sp³-hybridized carbons (Fsp3) is 0.308. The summed E-state index contributed by atoms with van der Waals surface area (Å²) in [6.45, 7) is 0. The summed E-state index contributed by atoms with van der Waals surface area (Å²) in [5.41, 5.74) is 1.52. The van der Waals surface area contributed by atoms with Gasteiger partial charge in [0, 0.05) is 6.42 Å². The minimum Gasteiger partial charge on any atom is -0.465 e. The molecule has 0 aliphatic rings. The van der Waals surface area contributed by atoms with Gasteiger partial charge < -0.3 is 9.53 Å². The zero-order valence-corrected chi connectivity index (χ0v) is 9.60. The second-order valence-electron chi connectivity index (χ2n) is 3.54. The molecule has 0 saturated heterocycles. The average molecular weight is 231 g/mol. The van der Waals surface area contributed by atoms with Gasteiger partial charge in [0.2, 0.25) is 0 Å². The molecule has 0 aliphatic carbocycles. The standard InChI is InChI=1S/C13H13NO3/c1-17-13(16)12-6-5-10(4-2-3-7-15)8-11(12)9-14/h5-8H,2-4H2,1H3. The second-order valence-corrected chi connectivity index (χ2v) is 3.54. The fourth-order valence-corrected chi connectivity index (χ4v) is 1.52. The predicted molar refractivity (Wildman–Crippen MR) is 61.5 cm³/mol. The van der Waals surface area contributed by atoms with Gasteiger partial charge in [0.15, 0.2) is 0 Å². The van der Waals surface area contributed by atoms with E-state index < -0.39 is 5.97 Å².